The highest BCUT2D eigenvalue weighted by atomic mass is 35.5. The van der Waals surface area contributed by atoms with Crippen molar-refractivity contribution < 1.29 is 5.11 Å². The van der Waals surface area contributed by atoms with Crippen LogP contribution in [-0.4, -0.2) is 23.8 Å². The van der Waals surface area contributed by atoms with Crippen molar-refractivity contribution in [3.63, 3.8) is 0 Å². The fraction of sp³-hybridized carbons (Fsp3) is 1.00. The van der Waals surface area contributed by atoms with Crippen LogP contribution in [0.25, 0.3) is 0 Å². The number of hydrogen-bond acceptors (Lipinski definition) is 2. The minimum atomic E-state index is -0.474. The predicted molar refractivity (Wildman–Crippen MR) is 44.5 cm³/mol. The van der Waals surface area contributed by atoms with Crippen LogP contribution in [0.15, 0.2) is 0 Å². The van der Waals surface area contributed by atoms with E-state index in [1.807, 2.05) is 6.92 Å². The molecule has 0 radical (unpaired) electrons. The number of halogens is 1. The lowest BCUT2D eigenvalue weighted by Crippen LogP contribution is -2.48. The zero-order chi connectivity index (χ0) is 6.91. The lowest BCUT2D eigenvalue weighted by Gasteiger charge is -2.35. The van der Waals surface area contributed by atoms with Crippen LogP contribution in [0, 0.1) is 5.92 Å². The smallest absolute Gasteiger partial charge is 0.0769 e. The molecule has 1 rings (SSSR count). The monoisotopic (exact) mass is 165 g/mol. The molecule has 1 saturated heterocycles. The number of β-amino-alcohol motifs (C(OH)–C–C–N with tert-alkyl or cyclic N) is 1. The lowest BCUT2D eigenvalue weighted by atomic mass is 9.85. The predicted octanol–water partition coefficient (Wildman–Crippen LogP) is 0.789. The van der Waals surface area contributed by atoms with E-state index in [9.17, 15) is 5.11 Å². The summed E-state index contributed by atoms with van der Waals surface area (Å²) in [4.78, 5) is 0. The van der Waals surface area contributed by atoms with Crippen LogP contribution in [0.5, 0.6) is 0 Å². The second-order valence-corrected chi connectivity index (χ2v) is 3.22. The van der Waals surface area contributed by atoms with Crippen molar-refractivity contribution in [3.8, 4) is 0 Å². The van der Waals surface area contributed by atoms with Gasteiger partial charge < -0.3 is 10.4 Å². The van der Waals surface area contributed by atoms with Gasteiger partial charge in [-0.25, -0.2) is 0 Å². The maximum Gasteiger partial charge on any atom is 0.0769 e. The Balaban J connectivity index is 0.000000810. The Kier molecular flexibility index (Phi) is 3.63. The second kappa shape index (κ2) is 3.56. The highest BCUT2D eigenvalue weighted by Crippen LogP contribution is 2.21. The molecular formula is C7H16ClNO. The van der Waals surface area contributed by atoms with Crippen LogP contribution in [0.2, 0.25) is 0 Å². The summed E-state index contributed by atoms with van der Waals surface area (Å²) in [5, 5.41) is 12.7. The van der Waals surface area contributed by atoms with Gasteiger partial charge in [-0.3, -0.25) is 0 Å². The number of hydrogen-bond donors (Lipinski definition) is 2. The maximum absolute atomic E-state index is 9.58. The summed E-state index contributed by atoms with van der Waals surface area (Å²) >= 11 is 0. The zero-order valence-corrected chi connectivity index (χ0v) is 7.37. The van der Waals surface area contributed by atoms with E-state index in [1.54, 1.807) is 0 Å². The van der Waals surface area contributed by atoms with Gasteiger partial charge in [-0.05, 0) is 25.8 Å². The van der Waals surface area contributed by atoms with Gasteiger partial charge >= 0.3 is 0 Å². The molecular weight excluding hydrogens is 150 g/mol. The Hall–Kier alpha value is 0.210. The lowest BCUT2D eigenvalue weighted by molar-refractivity contribution is -0.0115. The fourth-order valence-corrected chi connectivity index (χ4v) is 1.15. The average Bonchev–Trinajstić information content (AvgIpc) is 1.77. The molecule has 62 valence electrons. The topological polar surface area (TPSA) is 32.3 Å². The van der Waals surface area contributed by atoms with E-state index in [2.05, 4.69) is 12.2 Å². The molecule has 0 amide bonds. The Morgan fingerprint density at radius 3 is 2.50 bits per heavy atom. The summed E-state index contributed by atoms with van der Waals surface area (Å²) in [5.74, 6) is 0.443. The molecule has 2 nitrogen and oxygen atoms in total. The van der Waals surface area contributed by atoms with Crippen LogP contribution >= 0.6 is 12.4 Å². The van der Waals surface area contributed by atoms with E-state index >= 15 is 0 Å². The molecule has 0 spiro atoms. The SMILES string of the molecule is C[C@H]1CCNC[C@@]1(C)O.Cl. The first-order valence-corrected chi connectivity index (χ1v) is 3.56. The van der Waals surface area contributed by atoms with Gasteiger partial charge in [0.05, 0.1) is 5.60 Å². The molecule has 1 aliphatic heterocycles. The van der Waals surface area contributed by atoms with Crippen molar-refractivity contribution in [2.24, 2.45) is 5.92 Å². The molecule has 1 aliphatic rings. The number of piperidine rings is 1. The third-order valence-electron chi connectivity index (χ3n) is 2.30. The maximum atomic E-state index is 9.58. The van der Waals surface area contributed by atoms with Crippen molar-refractivity contribution in [1.82, 2.24) is 5.32 Å². The van der Waals surface area contributed by atoms with E-state index in [-0.39, 0.29) is 12.4 Å². The molecule has 2 N–H and O–H groups in total. The zero-order valence-electron chi connectivity index (χ0n) is 6.55. The molecule has 0 aromatic heterocycles. The van der Waals surface area contributed by atoms with Crippen LogP contribution in [-0.2, 0) is 0 Å². The quantitative estimate of drug-likeness (QED) is 0.557. The minimum Gasteiger partial charge on any atom is -0.389 e. The Morgan fingerprint density at radius 2 is 2.20 bits per heavy atom. The van der Waals surface area contributed by atoms with Crippen molar-refractivity contribution in [3.05, 3.63) is 0 Å². The Morgan fingerprint density at radius 1 is 1.60 bits per heavy atom. The van der Waals surface area contributed by atoms with Crippen molar-refractivity contribution in [2.45, 2.75) is 25.9 Å². The van der Waals surface area contributed by atoms with Gasteiger partial charge in [-0.2, -0.15) is 0 Å². The molecule has 0 bridgehead atoms. The van der Waals surface area contributed by atoms with Gasteiger partial charge in [0.2, 0.25) is 0 Å². The van der Waals surface area contributed by atoms with E-state index in [0.717, 1.165) is 19.5 Å². The summed E-state index contributed by atoms with van der Waals surface area (Å²) in [6.45, 7) is 5.79. The van der Waals surface area contributed by atoms with Gasteiger partial charge in [-0.15, -0.1) is 12.4 Å². The normalized spacial score (nSPS) is 40.5. The number of aliphatic hydroxyl groups is 1. The van der Waals surface area contributed by atoms with E-state index in [1.165, 1.54) is 0 Å². The molecule has 0 aromatic rings. The number of rotatable bonds is 0. The first-order valence-electron chi connectivity index (χ1n) is 3.56. The molecule has 1 heterocycles. The molecule has 0 unspecified atom stereocenters. The second-order valence-electron chi connectivity index (χ2n) is 3.22. The van der Waals surface area contributed by atoms with Gasteiger partial charge in [0.15, 0.2) is 0 Å². The van der Waals surface area contributed by atoms with E-state index in [0.29, 0.717) is 5.92 Å². The van der Waals surface area contributed by atoms with E-state index < -0.39 is 5.60 Å². The Labute approximate surface area is 68.4 Å². The third kappa shape index (κ3) is 2.11. The summed E-state index contributed by atoms with van der Waals surface area (Å²) in [7, 11) is 0. The van der Waals surface area contributed by atoms with Crippen LogP contribution in [0.4, 0.5) is 0 Å². The number of nitrogens with one attached hydrogen (secondary N) is 1. The summed E-state index contributed by atoms with van der Waals surface area (Å²) in [5.41, 5.74) is -0.474. The first-order chi connectivity index (χ1) is 4.13. The Bertz CT molecular complexity index is 106. The summed E-state index contributed by atoms with van der Waals surface area (Å²) in [6, 6.07) is 0. The third-order valence-corrected chi connectivity index (χ3v) is 2.30. The van der Waals surface area contributed by atoms with Gasteiger partial charge in [0.25, 0.3) is 0 Å². The molecule has 1 fully saturated rings. The van der Waals surface area contributed by atoms with Crippen LogP contribution in [0.1, 0.15) is 20.3 Å². The molecule has 0 saturated carbocycles. The van der Waals surface area contributed by atoms with Gasteiger partial charge in [0, 0.05) is 6.54 Å². The van der Waals surface area contributed by atoms with Crippen LogP contribution < -0.4 is 5.32 Å². The molecule has 10 heavy (non-hydrogen) atoms. The standard InChI is InChI=1S/C7H15NO.ClH/c1-6-3-4-8-5-7(6,2)9;/h6,8-9H,3-5H2,1-2H3;1H/t6-,7+;/m0./s1. The molecule has 2 atom stereocenters. The van der Waals surface area contributed by atoms with Crippen molar-refractivity contribution in [2.75, 3.05) is 13.1 Å². The largest absolute Gasteiger partial charge is 0.389 e. The summed E-state index contributed by atoms with van der Waals surface area (Å²) in [6.07, 6.45) is 1.09. The highest BCUT2D eigenvalue weighted by molar-refractivity contribution is 5.85. The molecule has 3 heteroatoms. The van der Waals surface area contributed by atoms with Crippen molar-refractivity contribution >= 4 is 12.4 Å². The van der Waals surface area contributed by atoms with Gasteiger partial charge in [0.1, 0.15) is 0 Å². The molecule has 0 aliphatic carbocycles. The molecule has 0 aromatic carbocycles. The fourth-order valence-electron chi connectivity index (χ4n) is 1.15. The summed E-state index contributed by atoms with van der Waals surface area (Å²) < 4.78 is 0. The first kappa shape index (κ1) is 10.2. The van der Waals surface area contributed by atoms with Gasteiger partial charge in [-0.1, -0.05) is 6.92 Å². The average molecular weight is 166 g/mol. The van der Waals surface area contributed by atoms with Crippen molar-refractivity contribution in [1.29, 1.82) is 0 Å². The van der Waals surface area contributed by atoms with E-state index in [4.69, 9.17) is 0 Å². The van der Waals surface area contributed by atoms with Crippen LogP contribution in [0.3, 0.4) is 0 Å². The highest BCUT2D eigenvalue weighted by Gasteiger charge is 2.30. The minimum absolute atomic E-state index is 0.